The average molecular weight is 464 g/mol. The molecule has 0 saturated carbocycles. The highest BCUT2D eigenvalue weighted by Gasteiger charge is 2.25. The molecule has 0 aliphatic heterocycles. The van der Waals surface area contributed by atoms with Crippen molar-refractivity contribution in [3.8, 4) is 23.4 Å². The number of carbonyl (C=O) groups is 3. The lowest BCUT2D eigenvalue weighted by Crippen LogP contribution is -2.43. The number of benzene rings is 2. The molecule has 2 amide bonds. The molecule has 0 unspecified atom stereocenters. The maximum absolute atomic E-state index is 13.1. The maximum atomic E-state index is 13.1. The van der Waals surface area contributed by atoms with Crippen molar-refractivity contribution in [1.82, 2.24) is 15.2 Å². The summed E-state index contributed by atoms with van der Waals surface area (Å²) in [7, 11) is 1.08. The Morgan fingerprint density at radius 3 is 2.53 bits per heavy atom. The van der Waals surface area contributed by atoms with Crippen molar-refractivity contribution in [2.45, 2.75) is 12.5 Å². The summed E-state index contributed by atoms with van der Waals surface area (Å²) < 4.78 is 10.2. The first-order valence-electron chi connectivity index (χ1n) is 9.97. The molecule has 0 aliphatic carbocycles. The second-order valence-corrected chi connectivity index (χ2v) is 6.99. The molecule has 0 radical (unpaired) electrons. The Labute approximate surface area is 193 Å². The molecule has 11 nitrogen and oxygen atoms in total. The Bertz CT molecular complexity index is 1260. The number of rotatable bonds is 8. The van der Waals surface area contributed by atoms with Crippen molar-refractivity contribution < 1.29 is 34.1 Å². The molecular weight excluding hydrogens is 444 g/mol. The molecule has 3 N–H and O–H groups in total. The van der Waals surface area contributed by atoms with E-state index in [9.17, 15) is 29.9 Å². The van der Waals surface area contributed by atoms with Gasteiger partial charge in [-0.15, -0.1) is 0 Å². The van der Waals surface area contributed by atoms with Crippen LogP contribution in [0.15, 0.2) is 54.7 Å². The summed E-state index contributed by atoms with van der Waals surface area (Å²) in [4.78, 5) is 40.5. The molecule has 0 spiro atoms. The minimum absolute atomic E-state index is 0.138. The number of hydrogen-bond donors (Lipinski definition) is 3. The normalized spacial score (nSPS) is 11.2. The van der Waals surface area contributed by atoms with E-state index in [0.29, 0.717) is 16.9 Å². The number of nitriles is 1. The van der Waals surface area contributed by atoms with Crippen molar-refractivity contribution in [2.24, 2.45) is 0 Å². The number of aliphatic carboxylic acids is 1. The molecule has 0 aliphatic rings. The number of ether oxygens (including phenoxy) is 2. The van der Waals surface area contributed by atoms with Crippen LogP contribution in [0, 0.1) is 11.5 Å². The number of pyridine rings is 1. The van der Waals surface area contributed by atoms with E-state index >= 15 is 0 Å². The number of aromatic hydroxyl groups is 1. The van der Waals surface area contributed by atoms with Crippen LogP contribution in [0.3, 0.4) is 0 Å². The molecule has 0 saturated heterocycles. The van der Waals surface area contributed by atoms with E-state index in [2.05, 4.69) is 15.0 Å². The number of fused-ring (bicyclic) bond motifs is 1. The van der Waals surface area contributed by atoms with Gasteiger partial charge in [-0.1, -0.05) is 18.2 Å². The van der Waals surface area contributed by atoms with Gasteiger partial charge in [-0.05, 0) is 36.8 Å². The van der Waals surface area contributed by atoms with Gasteiger partial charge in [0.2, 0.25) is 0 Å². The zero-order valence-electron chi connectivity index (χ0n) is 18.0. The molecular formula is C23H20N4O7. The first-order valence-corrected chi connectivity index (χ1v) is 9.97. The Morgan fingerprint density at radius 2 is 1.88 bits per heavy atom. The number of methoxy groups -OCH3 is 1. The predicted molar refractivity (Wildman–Crippen MR) is 118 cm³/mol. The van der Waals surface area contributed by atoms with Crippen LogP contribution in [0.25, 0.3) is 10.8 Å². The number of nitrogens with one attached hydrogen (secondary N) is 1. The van der Waals surface area contributed by atoms with E-state index in [1.807, 2.05) is 6.07 Å². The highest BCUT2D eigenvalue weighted by atomic mass is 16.5. The molecule has 1 aromatic heterocycles. The van der Waals surface area contributed by atoms with Gasteiger partial charge in [0.15, 0.2) is 6.19 Å². The van der Waals surface area contributed by atoms with E-state index in [0.717, 1.165) is 18.2 Å². The second-order valence-electron chi connectivity index (χ2n) is 6.99. The van der Waals surface area contributed by atoms with E-state index in [4.69, 9.17) is 4.74 Å². The summed E-state index contributed by atoms with van der Waals surface area (Å²) in [6, 6.07) is 12.2. The van der Waals surface area contributed by atoms with Crippen LogP contribution >= 0.6 is 0 Å². The van der Waals surface area contributed by atoms with Crippen LogP contribution in [0.4, 0.5) is 4.79 Å². The van der Waals surface area contributed by atoms with E-state index in [1.165, 1.54) is 6.07 Å². The smallest absolute Gasteiger partial charge is 0.407 e. The number of carboxylic acid groups (broad SMARTS) is 1. The van der Waals surface area contributed by atoms with E-state index in [-0.39, 0.29) is 29.8 Å². The van der Waals surface area contributed by atoms with Gasteiger partial charge in [0, 0.05) is 17.3 Å². The summed E-state index contributed by atoms with van der Waals surface area (Å²) in [5.41, 5.74) is -0.138. The summed E-state index contributed by atoms with van der Waals surface area (Å²) in [6.45, 7) is -0.319. The Balaban J connectivity index is 1.88. The number of para-hydroxylation sites is 1. The third-order valence-corrected chi connectivity index (χ3v) is 4.80. The van der Waals surface area contributed by atoms with Crippen LogP contribution in [-0.2, 0) is 9.53 Å². The van der Waals surface area contributed by atoms with Gasteiger partial charge >= 0.3 is 12.1 Å². The van der Waals surface area contributed by atoms with Gasteiger partial charge in [0.05, 0.1) is 13.3 Å². The van der Waals surface area contributed by atoms with Crippen LogP contribution < -0.4 is 10.1 Å². The van der Waals surface area contributed by atoms with Crippen molar-refractivity contribution in [2.75, 3.05) is 13.7 Å². The minimum Gasteiger partial charge on any atom is -0.506 e. The molecule has 34 heavy (non-hydrogen) atoms. The summed E-state index contributed by atoms with van der Waals surface area (Å²) >= 11 is 0. The molecule has 2 aromatic carbocycles. The average Bonchev–Trinajstić information content (AvgIpc) is 2.84. The van der Waals surface area contributed by atoms with E-state index < -0.39 is 24.0 Å². The summed E-state index contributed by atoms with van der Waals surface area (Å²) in [6.07, 6.45) is 1.57. The number of carbonyl (C=O) groups excluding carboxylic acids is 2. The Kier molecular flexibility index (Phi) is 7.45. The molecule has 1 heterocycles. The highest BCUT2D eigenvalue weighted by molar-refractivity contribution is 6.07. The standard InChI is InChI=1S/C23H20N4O7/c1-33-23(32)26-18(22(30)31)9-10-27(13-24)21(29)20-17-11-15(34-14-5-3-2-4-6-14)7-8-16(17)19(28)12-25-20/h2-8,11-12,18,28H,9-10H2,1H3,(H,26,32)(H,30,31)/t18-/m1/s1. The fraction of sp³-hybridized carbons (Fsp3) is 0.174. The van der Waals surface area contributed by atoms with Crippen LogP contribution in [0.2, 0.25) is 0 Å². The summed E-state index contributed by atoms with van der Waals surface area (Å²) in [5, 5.41) is 31.6. The van der Waals surface area contributed by atoms with Gasteiger partial charge in [-0.2, -0.15) is 5.26 Å². The van der Waals surface area contributed by atoms with Crippen molar-refractivity contribution >= 4 is 28.7 Å². The van der Waals surface area contributed by atoms with Crippen molar-refractivity contribution in [1.29, 1.82) is 5.26 Å². The first-order chi connectivity index (χ1) is 16.3. The van der Waals surface area contributed by atoms with E-state index in [1.54, 1.807) is 42.6 Å². The second kappa shape index (κ2) is 10.6. The van der Waals surface area contributed by atoms with Gasteiger partial charge in [-0.3, -0.25) is 4.79 Å². The molecule has 3 aromatic rings. The van der Waals surface area contributed by atoms with Gasteiger partial charge in [0.25, 0.3) is 5.91 Å². The zero-order chi connectivity index (χ0) is 24.7. The third kappa shape index (κ3) is 5.49. The minimum atomic E-state index is -1.38. The molecule has 0 fully saturated rings. The number of aromatic nitrogens is 1. The lowest BCUT2D eigenvalue weighted by molar-refractivity contribution is -0.139. The number of carboxylic acids is 1. The topological polar surface area (TPSA) is 162 Å². The fourth-order valence-corrected chi connectivity index (χ4v) is 3.11. The lowest BCUT2D eigenvalue weighted by atomic mass is 10.1. The lowest BCUT2D eigenvalue weighted by Gasteiger charge is -2.18. The molecule has 11 heteroatoms. The molecule has 1 atom stereocenters. The predicted octanol–water partition coefficient (Wildman–Crippen LogP) is 2.86. The molecule has 174 valence electrons. The number of amides is 2. The maximum Gasteiger partial charge on any atom is 0.407 e. The number of nitrogens with zero attached hydrogens (tertiary/aromatic N) is 3. The Morgan fingerprint density at radius 1 is 1.15 bits per heavy atom. The van der Waals surface area contributed by atoms with Gasteiger partial charge in [-0.25, -0.2) is 19.5 Å². The van der Waals surface area contributed by atoms with Crippen molar-refractivity contribution in [3.05, 3.63) is 60.4 Å². The quantitative estimate of drug-likeness (QED) is 0.336. The molecule has 3 rings (SSSR count). The molecule has 0 bridgehead atoms. The monoisotopic (exact) mass is 464 g/mol. The largest absolute Gasteiger partial charge is 0.506 e. The van der Waals surface area contributed by atoms with Crippen LogP contribution in [-0.4, -0.2) is 57.8 Å². The fourth-order valence-electron chi connectivity index (χ4n) is 3.11. The van der Waals surface area contributed by atoms with Gasteiger partial charge < -0.3 is 25.0 Å². The zero-order valence-corrected chi connectivity index (χ0v) is 18.0. The highest BCUT2D eigenvalue weighted by Crippen LogP contribution is 2.32. The first kappa shape index (κ1) is 23.8. The summed E-state index contributed by atoms with van der Waals surface area (Å²) in [5.74, 6) is -1.41. The van der Waals surface area contributed by atoms with Crippen molar-refractivity contribution in [3.63, 3.8) is 0 Å². The Hall–Kier alpha value is -4.85. The SMILES string of the molecule is COC(=O)N[C@H](CCN(C#N)C(=O)c1ncc(O)c2ccc(Oc3ccccc3)cc12)C(=O)O. The number of alkyl carbamates (subject to hydrolysis) is 1. The van der Waals surface area contributed by atoms with Gasteiger partial charge in [0.1, 0.15) is 29.0 Å². The number of hydrogen-bond acceptors (Lipinski definition) is 8. The third-order valence-electron chi connectivity index (χ3n) is 4.80. The van der Waals surface area contributed by atoms with Crippen LogP contribution in [0.1, 0.15) is 16.9 Å². The van der Waals surface area contributed by atoms with Crippen LogP contribution in [0.5, 0.6) is 17.2 Å².